The summed E-state index contributed by atoms with van der Waals surface area (Å²) in [7, 11) is 1.53. The summed E-state index contributed by atoms with van der Waals surface area (Å²) >= 11 is 0. The Bertz CT molecular complexity index is 373. The van der Waals surface area contributed by atoms with E-state index in [0.29, 0.717) is 12.2 Å². The van der Waals surface area contributed by atoms with Gasteiger partial charge < -0.3 is 14.6 Å². The van der Waals surface area contributed by atoms with Gasteiger partial charge in [-0.3, -0.25) is 4.79 Å². The van der Waals surface area contributed by atoms with E-state index in [1.54, 1.807) is 24.3 Å². The fraction of sp³-hybridized carbons (Fsp3) is 0.333. The molecule has 4 nitrogen and oxygen atoms in total. The zero-order chi connectivity index (χ0) is 12.0. The monoisotopic (exact) mass is 222 g/mol. The van der Waals surface area contributed by atoms with Crippen molar-refractivity contribution in [2.75, 3.05) is 7.11 Å². The molecule has 0 fully saturated rings. The molecule has 0 saturated heterocycles. The van der Waals surface area contributed by atoms with Gasteiger partial charge in [-0.05, 0) is 12.5 Å². The lowest BCUT2D eigenvalue weighted by Crippen LogP contribution is -2.06. The van der Waals surface area contributed by atoms with Gasteiger partial charge in [0.1, 0.15) is 12.0 Å². The highest BCUT2D eigenvalue weighted by Gasteiger charge is 2.16. The summed E-state index contributed by atoms with van der Waals surface area (Å²) in [6, 6.07) is 7.14. The number of carbonyl (C=O) groups is 2. The van der Waals surface area contributed by atoms with Crippen LogP contribution < -0.4 is 4.74 Å². The van der Waals surface area contributed by atoms with Gasteiger partial charge in [-0.1, -0.05) is 18.2 Å². The Morgan fingerprint density at radius 1 is 1.50 bits per heavy atom. The highest BCUT2D eigenvalue weighted by molar-refractivity contribution is 5.69. The van der Waals surface area contributed by atoms with Gasteiger partial charge >= 0.3 is 5.97 Å². The predicted octanol–water partition coefficient (Wildman–Crippen LogP) is 1.84. The molecule has 0 radical (unpaired) electrons. The Balaban J connectivity index is 2.85. The third-order valence-electron chi connectivity index (χ3n) is 2.37. The van der Waals surface area contributed by atoms with Crippen LogP contribution in [0.4, 0.5) is 0 Å². The molecule has 1 aromatic rings. The highest BCUT2D eigenvalue weighted by atomic mass is 16.5. The average molecular weight is 222 g/mol. The van der Waals surface area contributed by atoms with Crippen LogP contribution in [0.15, 0.2) is 24.3 Å². The molecule has 1 unspecified atom stereocenters. The number of aldehydes is 1. The molecule has 0 heterocycles. The van der Waals surface area contributed by atoms with Crippen LogP contribution >= 0.6 is 0 Å². The van der Waals surface area contributed by atoms with Crippen molar-refractivity contribution in [2.24, 2.45) is 0 Å². The van der Waals surface area contributed by atoms with Crippen molar-refractivity contribution in [1.82, 2.24) is 0 Å². The first-order valence-corrected chi connectivity index (χ1v) is 4.99. The molecule has 0 aliphatic heterocycles. The number of methoxy groups -OCH3 is 1. The van der Waals surface area contributed by atoms with Crippen molar-refractivity contribution >= 4 is 12.3 Å². The third kappa shape index (κ3) is 3.08. The number of aliphatic carboxylic acids is 1. The molecule has 0 saturated carbocycles. The molecular weight excluding hydrogens is 208 g/mol. The molecule has 0 amide bonds. The Kier molecular flexibility index (Phi) is 4.51. The molecule has 1 rings (SSSR count). The average Bonchev–Trinajstić information content (AvgIpc) is 2.30. The largest absolute Gasteiger partial charge is 0.496 e. The molecule has 0 spiro atoms. The van der Waals surface area contributed by atoms with Crippen molar-refractivity contribution in [3.63, 3.8) is 0 Å². The van der Waals surface area contributed by atoms with Gasteiger partial charge in [-0.15, -0.1) is 0 Å². The van der Waals surface area contributed by atoms with Crippen LogP contribution in [0.1, 0.15) is 24.3 Å². The van der Waals surface area contributed by atoms with Gasteiger partial charge in [0.2, 0.25) is 0 Å². The van der Waals surface area contributed by atoms with E-state index in [4.69, 9.17) is 9.84 Å². The molecule has 1 atom stereocenters. The summed E-state index contributed by atoms with van der Waals surface area (Å²) in [5, 5.41) is 8.58. The Hall–Kier alpha value is -1.84. The minimum atomic E-state index is -0.901. The SMILES string of the molecule is COc1ccccc1C(C=O)CCC(=O)O. The van der Waals surface area contributed by atoms with E-state index in [1.807, 2.05) is 0 Å². The second-order valence-corrected chi connectivity index (χ2v) is 3.42. The maximum atomic E-state index is 10.9. The Labute approximate surface area is 93.9 Å². The zero-order valence-corrected chi connectivity index (χ0v) is 9.05. The number of carbonyl (C=O) groups excluding carboxylic acids is 1. The Morgan fingerprint density at radius 3 is 2.75 bits per heavy atom. The van der Waals surface area contributed by atoms with Gasteiger partial charge in [0.15, 0.2) is 0 Å². The number of carboxylic acid groups (broad SMARTS) is 1. The third-order valence-corrected chi connectivity index (χ3v) is 2.37. The summed E-state index contributed by atoms with van der Waals surface area (Å²) in [5.74, 6) is -0.709. The van der Waals surface area contributed by atoms with Crippen LogP contribution in [-0.4, -0.2) is 24.5 Å². The number of hydrogen-bond acceptors (Lipinski definition) is 3. The number of carboxylic acids is 1. The van der Waals surface area contributed by atoms with Gasteiger partial charge in [0, 0.05) is 17.9 Å². The normalized spacial score (nSPS) is 11.8. The van der Waals surface area contributed by atoms with E-state index in [0.717, 1.165) is 11.8 Å². The van der Waals surface area contributed by atoms with Crippen LogP contribution in [0.5, 0.6) is 5.75 Å². The summed E-state index contributed by atoms with van der Waals surface area (Å²) in [4.78, 5) is 21.4. The minimum absolute atomic E-state index is 0.0263. The van der Waals surface area contributed by atoms with Crippen LogP contribution in [0.3, 0.4) is 0 Å². The van der Waals surface area contributed by atoms with Gasteiger partial charge in [-0.2, -0.15) is 0 Å². The Morgan fingerprint density at radius 2 is 2.19 bits per heavy atom. The van der Waals surface area contributed by atoms with E-state index in [-0.39, 0.29) is 6.42 Å². The van der Waals surface area contributed by atoms with Crippen LogP contribution in [0.2, 0.25) is 0 Å². The first-order valence-electron chi connectivity index (χ1n) is 4.99. The van der Waals surface area contributed by atoms with E-state index < -0.39 is 11.9 Å². The maximum Gasteiger partial charge on any atom is 0.303 e. The number of hydrogen-bond donors (Lipinski definition) is 1. The molecule has 86 valence electrons. The summed E-state index contributed by atoms with van der Waals surface area (Å²) in [5.41, 5.74) is 0.737. The first-order chi connectivity index (χ1) is 7.69. The smallest absolute Gasteiger partial charge is 0.303 e. The van der Waals surface area contributed by atoms with E-state index >= 15 is 0 Å². The van der Waals surface area contributed by atoms with E-state index in [1.165, 1.54) is 7.11 Å². The molecule has 1 N–H and O–H groups in total. The molecule has 16 heavy (non-hydrogen) atoms. The van der Waals surface area contributed by atoms with Crippen LogP contribution in [-0.2, 0) is 9.59 Å². The molecule has 0 aliphatic carbocycles. The van der Waals surface area contributed by atoms with Crippen molar-refractivity contribution < 1.29 is 19.4 Å². The van der Waals surface area contributed by atoms with Crippen molar-refractivity contribution in [3.8, 4) is 5.75 Å². The quantitative estimate of drug-likeness (QED) is 0.746. The summed E-state index contributed by atoms with van der Waals surface area (Å²) in [6.07, 6.45) is 1.03. The number of benzene rings is 1. The minimum Gasteiger partial charge on any atom is -0.496 e. The summed E-state index contributed by atoms with van der Waals surface area (Å²) in [6.45, 7) is 0. The van der Waals surface area contributed by atoms with Crippen LogP contribution in [0.25, 0.3) is 0 Å². The molecule has 1 aromatic carbocycles. The topological polar surface area (TPSA) is 63.6 Å². The highest BCUT2D eigenvalue weighted by Crippen LogP contribution is 2.28. The first kappa shape index (κ1) is 12.2. The molecule has 0 aliphatic rings. The van der Waals surface area contributed by atoms with Crippen molar-refractivity contribution in [1.29, 1.82) is 0 Å². The molecule has 4 heteroatoms. The van der Waals surface area contributed by atoms with Gasteiger partial charge in [0.25, 0.3) is 0 Å². The molecule has 0 aromatic heterocycles. The standard InChI is InChI=1S/C12H14O4/c1-16-11-5-3-2-4-10(11)9(8-13)6-7-12(14)15/h2-5,8-9H,6-7H2,1H3,(H,14,15). The van der Waals surface area contributed by atoms with E-state index in [2.05, 4.69) is 0 Å². The second-order valence-electron chi connectivity index (χ2n) is 3.42. The predicted molar refractivity (Wildman–Crippen MR) is 58.7 cm³/mol. The van der Waals surface area contributed by atoms with E-state index in [9.17, 15) is 9.59 Å². The van der Waals surface area contributed by atoms with Crippen molar-refractivity contribution in [2.45, 2.75) is 18.8 Å². The number of para-hydroxylation sites is 1. The lowest BCUT2D eigenvalue weighted by molar-refractivity contribution is -0.137. The second kappa shape index (κ2) is 5.90. The fourth-order valence-corrected chi connectivity index (χ4v) is 1.55. The molecular formula is C12H14O4. The van der Waals surface area contributed by atoms with Crippen LogP contribution in [0, 0.1) is 0 Å². The number of ether oxygens (including phenoxy) is 1. The zero-order valence-electron chi connectivity index (χ0n) is 9.05. The lowest BCUT2D eigenvalue weighted by atomic mass is 9.95. The summed E-state index contributed by atoms with van der Waals surface area (Å²) < 4.78 is 5.13. The number of rotatable bonds is 6. The fourth-order valence-electron chi connectivity index (χ4n) is 1.55. The van der Waals surface area contributed by atoms with Gasteiger partial charge in [0.05, 0.1) is 7.11 Å². The lowest BCUT2D eigenvalue weighted by Gasteiger charge is -2.13. The molecule has 0 bridgehead atoms. The van der Waals surface area contributed by atoms with Crippen molar-refractivity contribution in [3.05, 3.63) is 29.8 Å². The maximum absolute atomic E-state index is 10.9. The van der Waals surface area contributed by atoms with Gasteiger partial charge in [-0.25, -0.2) is 0 Å².